The highest BCUT2D eigenvalue weighted by molar-refractivity contribution is 5.99. The van der Waals surface area contributed by atoms with E-state index in [2.05, 4.69) is 13.2 Å². The zero-order valence-electron chi connectivity index (χ0n) is 8.71. The second-order valence-electron chi connectivity index (χ2n) is 2.61. The highest BCUT2D eigenvalue weighted by Crippen LogP contribution is 2.11. The Labute approximate surface area is 84.7 Å². The third-order valence-electron chi connectivity index (χ3n) is 1.66. The van der Waals surface area contributed by atoms with Gasteiger partial charge in [0, 0.05) is 13.5 Å². The van der Waals surface area contributed by atoms with Gasteiger partial charge in [-0.25, -0.2) is 0 Å². The molecular weight excluding hydrogens is 180 g/mol. The minimum Gasteiger partial charge on any atom is -0.497 e. The van der Waals surface area contributed by atoms with Gasteiger partial charge in [-0.05, 0) is 6.08 Å². The smallest absolute Gasteiger partial charge is 0.168 e. The van der Waals surface area contributed by atoms with Crippen LogP contribution < -0.4 is 0 Å². The number of ketones is 1. The van der Waals surface area contributed by atoms with Crippen LogP contribution >= 0.6 is 0 Å². The summed E-state index contributed by atoms with van der Waals surface area (Å²) in [5, 5.41) is 0. The topological polar surface area (TPSA) is 35.5 Å². The van der Waals surface area contributed by atoms with Crippen LogP contribution in [0.3, 0.4) is 0 Å². The van der Waals surface area contributed by atoms with Crippen molar-refractivity contribution in [3.05, 3.63) is 36.6 Å². The van der Waals surface area contributed by atoms with Crippen molar-refractivity contribution in [1.29, 1.82) is 0 Å². The Morgan fingerprint density at radius 3 is 2.50 bits per heavy atom. The van der Waals surface area contributed by atoms with Crippen LogP contribution in [0.15, 0.2) is 36.6 Å². The number of carbonyl (C=O) groups is 1. The first-order valence-electron chi connectivity index (χ1n) is 4.25. The number of carbonyl (C=O) groups excluding carboxylic acids is 1. The summed E-state index contributed by atoms with van der Waals surface area (Å²) < 4.78 is 9.70. The number of Topliss-reactive ketones (excluding diaryl/α,β-unsaturated/α-hetero) is 1. The van der Waals surface area contributed by atoms with Gasteiger partial charge in [-0.3, -0.25) is 4.79 Å². The van der Waals surface area contributed by atoms with E-state index in [1.807, 2.05) is 0 Å². The zero-order chi connectivity index (χ0) is 11.0. The van der Waals surface area contributed by atoms with Gasteiger partial charge in [0.2, 0.25) is 0 Å². The first-order chi connectivity index (χ1) is 6.67. The maximum atomic E-state index is 11.6. The van der Waals surface area contributed by atoms with Gasteiger partial charge in [0.15, 0.2) is 5.78 Å². The molecule has 0 atom stereocenters. The van der Waals surface area contributed by atoms with Crippen molar-refractivity contribution in [2.45, 2.75) is 6.42 Å². The van der Waals surface area contributed by atoms with Crippen molar-refractivity contribution in [2.75, 3.05) is 20.8 Å². The van der Waals surface area contributed by atoms with Crippen LogP contribution in [0.4, 0.5) is 0 Å². The molecule has 0 heterocycles. The summed E-state index contributed by atoms with van der Waals surface area (Å²) in [7, 11) is 3.03. The van der Waals surface area contributed by atoms with Gasteiger partial charge in [0.1, 0.15) is 5.76 Å². The van der Waals surface area contributed by atoms with Crippen molar-refractivity contribution < 1.29 is 14.3 Å². The molecule has 0 fully saturated rings. The van der Waals surface area contributed by atoms with Crippen LogP contribution in [0.5, 0.6) is 0 Å². The van der Waals surface area contributed by atoms with Crippen molar-refractivity contribution in [1.82, 2.24) is 0 Å². The van der Waals surface area contributed by atoms with E-state index in [1.165, 1.54) is 13.2 Å². The number of methoxy groups -OCH3 is 2. The largest absolute Gasteiger partial charge is 0.497 e. The molecule has 0 aliphatic carbocycles. The van der Waals surface area contributed by atoms with Crippen LogP contribution in [-0.2, 0) is 14.3 Å². The lowest BCUT2D eigenvalue weighted by Gasteiger charge is -2.07. The molecule has 0 radical (unpaired) electrons. The SMILES string of the molecule is C=C/C=C(\C(=C)OC)C(=O)CCOC. The summed E-state index contributed by atoms with van der Waals surface area (Å²) in [4.78, 5) is 11.6. The van der Waals surface area contributed by atoms with E-state index in [1.54, 1.807) is 13.2 Å². The van der Waals surface area contributed by atoms with E-state index in [4.69, 9.17) is 9.47 Å². The Morgan fingerprint density at radius 1 is 1.43 bits per heavy atom. The van der Waals surface area contributed by atoms with Crippen LogP contribution in [0.1, 0.15) is 6.42 Å². The highest BCUT2D eigenvalue weighted by Gasteiger charge is 2.12. The summed E-state index contributed by atoms with van der Waals surface area (Å²) in [6, 6.07) is 0. The van der Waals surface area contributed by atoms with Gasteiger partial charge in [0.25, 0.3) is 0 Å². The Kier molecular flexibility index (Phi) is 6.41. The fourth-order valence-corrected chi connectivity index (χ4v) is 0.899. The predicted molar refractivity (Wildman–Crippen MR) is 55.9 cm³/mol. The molecule has 0 aromatic heterocycles. The molecule has 0 amide bonds. The maximum absolute atomic E-state index is 11.6. The summed E-state index contributed by atoms with van der Waals surface area (Å²) in [5.74, 6) is 0.296. The molecule has 0 spiro atoms. The van der Waals surface area contributed by atoms with Gasteiger partial charge >= 0.3 is 0 Å². The summed E-state index contributed by atoms with van der Waals surface area (Å²) in [6.45, 7) is 7.54. The van der Waals surface area contributed by atoms with E-state index in [0.29, 0.717) is 24.4 Å². The molecular formula is C11H16O3. The molecule has 0 aromatic carbocycles. The molecule has 0 N–H and O–H groups in total. The number of allylic oxidation sites excluding steroid dienone is 3. The fraction of sp³-hybridized carbons (Fsp3) is 0.364. The molecule has 0 aliphatic rings. The van der Waals surface area contributed by atoms with Crippen LogP contribution in [-0.4, -0.2) is 26.6 Å². The Bertz CT molecular complexity index is 251. The molecule has 0 aromatic rings. The molecule has 0 aliphatic heterocycles. The normalized spacial score (nSPS) is 10.9. The first kappa shape index (κ1) is 12.7. The van der Waals surface area contributed by atoms with E-state index in [0.717, 1.165) is 0 Å². The molecule has 0 saturated heterocycles. The number of rotatable bonds is 7. The molecule has 0 rings (SSSR count). The van der Waals surface area contributed by atoms with Crippen molar-refractivity contribution in [3.8, 4) is 0 Å². The van der Waals surface area contributed by atoms with E-state index >= 15 is 0 Å². The molecule has 0 bridgehead atoms. The zero-order valence-corrected chi connectivity index (χ0v) is 8.71. The van der Waals surface area contributed by atoms with Gasteiger partial charge in [-0.15, -0.1) is 0 Å². The van der Waals surface area contributed by atoms with Crippen molar-refractivity contribution in [3.63, 3.8) is 0 Å². The van der Waals surface area contributed by atoms with Crippen molar-refractivity contribution in [2.24, 2.45) is 0 Å². The lowest BCUT2D eigenvalue weighted by molar-refractivity contribution is -0.116. The Morgan fingerprint density at radius 2 is 2.07 bits per heavy atom. The Balaban J connectivity index is 4.50. The second-order valence-corrected chi connectivity index (χ2v) is 2.61. The lowest BCUT2D eigenvalue weighted by Crippen LogP contribution is -2.08. The van der Waals surface area contributed by atoms with Crippen molar-refractivity contribution >= 4 is 5.78 Å². The average molecular weight is 196 g/mol. The minimum atomic E-state index is -0.0569. The quantitative estimate of drug-likeness (QED) is 0.354. The average Bonchev–Trinajstić information content (AvgIpc) is 2.21. The first-order valence-corrected chi connectivity index (χ1v) is 4.25. The minimum absolute atomic E-state index is 0.0569. The maximum Gasteiger partial charge on any atom is 0.168 e. The molecule has 0 saturated carbocycles. The standard InChI is InChI=1S/C11H16O3/c1-5-6-10(9(2)14-4)11(12)7-8-13-3/h5-6H,1-2,7-8H2,3-4H3/b10-6+. The number of hydrogen-bond donors (Lipinski definition) is 0. The summed E-state index contributed by atoms with van der Waals surface area (Å²) in [5.41, 5.74) is 0.444. The van der Waals surface area contributed by atoms with Crippen LogP contribution in [0.25, 0.3) is 0 Å². The van der Waals surface area contributed by atoms with E-state index < -0.39 is 0 Å². The van der Waals surface area contributed by atoms with E-state index in [9.17, 15) is 4.79 Å². The molecule has 3 heteroatoms. The number of ether oxygens (including phenoxy) is 2. The van der Waals surface area contributed by atoms with E-state index in [-0.39, 0.29) is 5.78 Å². The van der Waals surface area contributed by atoms with Gasteiger partial charge in [-0.1, -0.05) is 19.2 Å². The number of hydrogen-bond acceptors (Lipinski definition) is 3. The molecule has 14 heavy (non-hydrogen) atoms. The predicted octanol–water partition coefficient (Wildman–Crippen LogP) is 1.86. The monoisotopic (exact) mass is 196 g/mol. The molecule has 78 valence electrons. The van der Waals surface area contributed by atoms with Crippen LogP contribution in [0, 0.1) is 0 Å². The van der Waals surface area contributed by atoms with Gasteiger partial charge < -0.3 is 9.47 Å². The van der Waals surface area contributed by atoms with Crippen LogP contribution in [0.2, 0.25) is 0 Å². The van der Waals surface area contributed by atoms with Gasteiger partial charge in [-0.2, -0.15) is 0 Å². The summed E-state index contributed by atoms with van der Waals surface area (Å²) in [6.07, 6.45) is 3.44. The third-order valence-corrected chi connectivity index (χ3v) is 1.66. The Hall–Kier alpha value is -1.35. The van der Waals surface area contributed by atoms with Gasteiger partial charge in [0.05, 0.1) is 19.3 Å². The highest BCUT2D eigenvalue weighted by atomic mass is 16.5. The molecule has 0 unspecified atom stereocenters. The fourth-order valence-electron chi connectivity index (χ4n) is 0.899. The third kappa shape index (κ3) is 4.05. The summed E-state index contributed by atoms with van der Waals surface area (Å²) >= 11 is 0. The second kappa shape index (κ2) is 7.09. The molecule has 3 nitrogen and oxygen atoms in total. The lowest BCUT2D eigenvalue weighted by atomic mass is 10.1.